The van der Waals surface area contributed by atoms with E-state index in [1.807, 2.05) is 12.2 Å². The predicted molar refractivity (Wildman–Crippen MR) is 62.4 cm³/mol. The van der Waals surface area contributed by atoms with Crippen LogP contribution in [0.25, 0.3) is 0 Å². The minimum Gasteiger partial charge on any atom is -0.399 e. The molecule has 1 aliphatic rings. The van der Waals surface area contributed by atoms with Crippen LogP contribution in [0.3, 0.4) is 0 Å². The van der Waals surface area contributed by atoms with Crippen molar-refractivity contribution in [2.75, 3.05) is 14.2 Å². The highest BCUT2D eigenvalue weighted by atomic mass is 33.1. The molecule has 6 heteroatoms. The predicted octanol–water partition coefficient (Wildman–Crippen LogP) is 2.41. The van der Waals surface area contributed by atoms with Crippen LogP contribution in [0.5, 0.6) is 0 Å². The van der Waals surface area contributed by atoms with Crippen LogP contribution in [0.15, 0.2) is 32.3 Å². The summed E-state index contributed by atoms with van der Waals surface area (Å²) in [5, 5.41) is 7.34. The lowest BCUT2D eigenvalue weighted by atomic mass is 10.4. The molecule has 0 amide bonds. The van der Waals surface area contributed by atoms with E-state index in [1.54, 1.807) is 34.0 Å². The van der Waals surface area contributed by atoms with Gasteiger partial charge in [0.1, 0.15) is 14.2 Å². The van der Waals surface area contributed by atoms with Crippen LogP contribution in [0.4, 0.5) is 0 Å². The molecule has 0 bridgehead atoms. The SMILES string of the molecule is CO/N=C/C1=CC=C(/C=N/OC)SS1. The standard InChI is InChI=1S/C8H10N2O2S2/c1-11-9-5-7-3-4-8(14-13-7)6-10-12-2/h3-6H,1-2H3/b9-5+,10-6+. The molecular weight excluding hydrogens is 220 g/mol. The summed E-state index contributed by atoms with van der Waals surface area (Å²) in [5.41, 5.74) is 0. The van der Waals surface area contributed by atoms with Gasteiger partial charge < -0.3 is 9.68 Å². The Labute approximate surface area is 90.5 Å². The Hall–Kier alpha value is -0.880. The van der Waals surface area contributed by atoms with E-state index >= 15 is 0 Å². The van der Waals surface area contributed by atoms with Crippen LogP contribution in [-0.4, -0.2) is 26.6 Å². The Morgan fingerprint density at radius 1 is 1.00 bits per heavy atom. The summed E-state index contributed by atoms with van der Waals surface area (Å²) in [6, 6.07) is 0. The van der Waals surface area contributed by atoms with Crippen molar-refractivity contribution >= 4 is 34.0 Å². The van der Waals surface area contributed by atoms with Gasteiger partial charge in [-0.1, -0.05) is 31.9 Å². The van der Waals surface area contributed by atoms with Gasteiger partial charge in [0.2, 0.25) is 0 Å². The highest BCUT2D eigenvalue weighted by Gasteiger charge is 2.04. The maximum absolute atomic E-state index is 4.58. The van der Waals surface area contributed by atoms with E-state index in [9.17, 15) is 0 Å². The number of oxime groups is 2. The molecule has 0 saturated heterocycles. The number of hydrogen-bond donors (Lipinski definition) is 0. The van der Waals surface area contributed by atoms with Gasteiger partial charge in [-0.15, -0.1) is 0 Å². The minimum atomic E-state index is 1.03. The maximum atomic E-state index is 4.58. The average molecular weight is 230 g/mol. The van der Waals surface area contributed by atoms with Gasteiger partial charge in [-0.25, -0.2) is 0 Å². The fourth-order valence-corrected chi connectivity index (χ4v) is 2.44. The van der Waals surface area contributed by atoms with Gasteiger partial charge in [-0.2, -0.15) is 0 Å². The minimum absolute atomic E-state index is 1.03. The largest absolute Gasteiger partial charge is 0.399 e. The first-order chi connectivity index (χ1) is 6.86. The Morgan fingerprint density at radius 2 is 1.43 bits per heavy atom. The Kier molecular flexibility index (Phi) is 5.24. The van der Waals surface area contributed by atoms with Crippen molar-refractivity contribution in [2.45, 2.75) is 0 Å². The lowest BCUT2D eigenvalue weighted by molar-refractivity contribution is 0.215. The average Bonchev–Trinajstić information content (AvgIpc) is 2.25. The monoisotopic (exact) mass is 230 g/mol. The van der Waals surface area contributed by atoms with Crippen molar-refractivity contribution in [1.82, 2.24) is 0 Å². The molecule has 0 aromatic carbocycles. The molecule has 0 N–H and O–H groups in total. The zero-order valence-corrected chi connectivity index (χ0v) is 9.47. The van der Waals surface area contributed by atoms with Gasteiger partial charge in [-0.05, 0) is 12.2 Å². The summed E-state index contributed by atoms with van der Waals surface area (Å²) in [4.78, 5) is 11.2. The molecule has 1 heterocycles. The van der Waals surface area contributed by atoms with Crippen molar-refractivity contribution in [1.29, 1.82) is 0 Å². The van der Waals surface area contributed by atoms with Crippen LogP contribution in [0.1, 0.15) is 0 Å². The fraction of sp³-hybridized carbons (Fsp3) is 0.250. The van der Waals surface area contributed by atoms with Crippen molar-refractivity contribution < 1.29 is 9.68 Å². The molecule has 1 aliphatic heterocycles. The third-order valence-electron chi connectivity index (χ3n) is 1.22. The zero-order valence-electron chi connectivity index (χ0n) is 7.84. The van der Waals surface area contributed by atoms with Crippen molar-refractivity contribution in [3.63, 3.8) is 0 Å². The van der Waals surface area contributed by atoms with Gasteiger partial charge in [0, 0.05) is 9.81 Å². The van der Waals surface area contributed by atoms with E-state index in [4.69, 9.17) is 0 Å². The Bertz CT molecular complexity index is 268. The first kappa shape index (κ1) is 11.2. The topological polar surface area (TPSA) is 43.2 Å². The van der Waals surface area contributed by atoms with Crippen LogP contribution in [0.2, 0.25) is 0 Å². The highest BCUT2D eigenvalue weighted by Crippen LogP contribution is 2.38. The van der Waals surface area contributed by atoms with Crippen LogP contribution >= 0.6 is 21.6 Å². The molecule has 0 saturated carbocycles. The highest BCUT2D eigenvalue weighted by molar-refractivity contribution is 8.80. The second-order valence-electron chi connectivity index (χ2n) is 2.14. The molecule has 0 spiro atoms. The van der Waals surface area contributed by atoms with Gasteiger partial charge in [0.05, 0.1) is 12.4 Å². The Balaban J connectivity index is 2.55. The summed E-state index contributed by atoms with van der Waals surface area (Å²) in [7, 11) is 6.23. The molecule has 0 aromatic rings. The molecule has 0 fully saturated rings. The lowest BCUT2D eigenvalue weighted by Crippen LogP contribution is -1.86. The maximum Gasteiger partial charge on any atom is 0.106 e. The molecule has 76 valence electrons. The number of nitrogens with zero attached hydrogens (tertiary/aromatic N) is 2. The molecule has 0 aliphatic carbocycles. The van der Waals surface area contributed by atoms with Gasteiger partial charge >= 0.3 is 0 Å². The molecular formula is C8H10N2O2S2. The first-order valence-electron chi connectivity index (χ1n) is 3.76. The smallest absolute Gasteiger partial charge is 0.106 e. The molecule has 0 aromatic heterocycles. The third kappa shape index (κ3) is 3.89. The van der Waals surface area contributed by atoms with Crippen LogP contribution < -0.4 is 0 Å². The van der Waals surface area contributed by atoms with E-state index < -0.39 is 0 Å². The number of hydrogen-bond acceptors (Lipinski definition) is 6. The first-order valence-corrected chi connectivity index (χ1v) is 5.91. The quantitative estimate of drug-likeness (QED) is 0.422. The second-order valence-corrected chi connectivity index (χ2v) is 4.42. The summed E-state index contributed by atoms with van der Waals surface area (Å²) in [5.74, 6) is 0. The lowest BCUT2D eigenvalue weighted by Gasteiger charge is -2.05. The normalized spacial score (nSPS) is 17.0. The van der Waals surface area contributed by atoms with Crippen LogP contribution in [-0.2, 0) is 9.68 Å². The number of rotatable bonds is 4. The molecule has 14 heavy (non-hydrogen) atoms. The molecule has 0 radical (unpaired) electrons. The van der Waals surface area contributed by atoms with Gasteiger partial charge in [0.25, 0.3) is 0 Å². The van der Waals surface area contributed by atoms with Crippen molar-refractivity contribution in [2.24, 2.45) is 10.3 Å². The van der Waals surface area contributed by atoms with E-state index in [2.05, 4.69) is 20.0 Å². The molecule has 0 unspecified atom stereocenters. The van der Waals surface area contributed by atoms with Crippen LogP contribution in [0, 0.1) is 0 Å². The summed E-state index contributed by atoms with van der Waals surface area (Å²) < 4.78 is 0. The van der Waals surface area contributed by atoms with E-state index in [-0.39, 0.29) is 0 Å². The summed E-state index contributed by atoms with van der Waals surface area (Å²) >= 11 is 0. The van der Waals surface area contributed by atoms with E-state index in [0.717, 1.165) is 9.81 Å². The third-order valence-corrected chi connectivity index (χ3v) is 3.57. The molecule has 4 nitrogen and oxygen atoms in total. The zero-order chi connectivity index (χ0) is 10.2. The van der Waals surface area contributed by atoms with Gasteiger partial charge in [0.15, 0.2) is 0 Å². The van der Waals surface area contributed by atoms with E-state index in [1.165, 1.54) is 14.2 Å². The second kappa shape index (κ2) is 6.56. The molecule has 0 atom stereocenters. The number of allylic oxidation sites excluding steroid dienone is 4. The fourth-order valence-electron chi connectivity index (χ4n) is 0.654. The summed E-state index contributed by atoms with van der Waals surface area (Å²) in [6.07, 6.45) is 7.22. The van der Waals surface area contributed by atoms with Crippen molar-refractivity contribution in [3.05, 3.63) is 22.0 Å². The van der Waals surface area contributed by atoms with Gasteiger partial charge in [-0.3, -0.25) is 0 Å². The summed E-state index contributed by atoms with van der Waals surface area (Å²) in [6.45, 7) is 0. The Morgan fingerprint density at radius 3 is 1.71 bits per heavy atom. The van der Waals surface area contributed by atoms with E-state index in [0.29, 0.717) is 0 Å². The van der Waals surface area contributed by atoms with Crippen molar-refractivity contribution in [3.8, 4) is 0 Å². The molecule has 1 rings (SSSR count).